The maximum Gasteiger partial charge on any atom is 0.141 e. The molecule has 0 spiro atoms. The molecule has 0 amide bonds. The highest BCUT2D eigenvalue weighted by atomic mass is 32.1. The average Bonchev–Trinajstić information content (AvgIpc) is 2.44. The van der Waals surface area contributed by atoms with Gasteiger partial charge in [0.05, 0.1) is 0 Å². The third-order valence-electron chi connectivity index (χ3n) is 1.99. The van der Waals surface area contributed by atoms with Crippen LogP contribution in [0.5, 0.6) is 0 Å². The molecule has 1 aromatic heterocycles. The van der Waals surface area contributed by atoms with Crippen LogP contribution < -0.4 is 0 Å². The van der Waals surface area contributed by atoms with Crippen LogP contribution in [-0.2, 0) is 0 Å². The van der Waals surface area contributed by atoms with Crippen molar-refractivity contribution in [2.24, 2.45) is 0 Å². The molecular formula is C10H8OS. The molecule has 0 saturated heterocycles. The van der Waals surface area contributed by atoms with Crippen molar-refractivity contribution in [1.29, 1.82) is 0 Å². The Bertz CT molecular complexity index is 428. The number of furan rings is 1. The molecule has 0 aliphatic rings. The monoisotopic (exact) mass is 176 g/mol. The largest absolute Gasteiger partial charge is 0.456 e. The number of rotatable bonds is 1. The second-order valence-electron chi connectivity index (χ2n) is 2.71. The molecule has 0 saturated carbocycles. The van der Waals surface area contributed by atoms with Crippen molar-refractivity contribution in [3.8, 4) is 0 Å². The summed E-state index contributed by atoms with van der Waals surface area (Å²) >= 11 is 4.83. The van der Waals surface area contributed by atoms with E-state index in [-0.39, 0.29) is 0 Å². The minimum absolute atomic E-state index is 0.797. The molecule has 0 N–H and O–H groups in total. The molecule has 0 radical (unpaired) electrons. The molecule has 0 aliphatic heterocycles. The van der Waals surface area contributed by atoms with Crippen LogP contribution in [0.1, 0.15) is 11.3 Å². The molecule has 1 nitrogen and oxygen atoms in total. The number of hydrogen-bond acceptors (Lipinski definition) is 2. The first kappa shape index (κ1) is 7.50. The number of fused-ring (bicyclic) bond motifs is 1. The van der Waals surface area contributed by atoms with Gasteiger partial charge in [-0.25, -0.2) is 0 Å². The maximum absolute atomic E-state index is 5.49. The van der Waals surface area contributed by atoms with Gasteiger partial charge in [0, 0.05) is 16.3 Å². The van der Waals surface area contributed by atoms with Gasteiger partial charge in [0.2, 0.25) is 0 Å². The van der Waals surface area contributed by atoms with E-state index >= 15 is 0 Å². The van der Waals surface area contributed by atoms with Gasteiger partial charge in [-0.3, -0.25) is 0 Å². The molecule has 2 aromatic rings. The zero-order valence-electron chi connectivity index (χ0n) is 6.70. The van der Waals surface area contributed by atoms with Crippen molar-refractivity contribution in [1.82, 2.24) is 0 Å². The summed E-state index contributed by atoms with van der Waals surface area (Å²) < 4.78 is 5.49. The van der Waals surface area contributed by atoms with Crippen LogP contribution in [0.3, 0.4) is 0 Å². The highest BCUT2D eigenvalue weighted by Crippen LogP contribution is 2.23. The highest BCUT2D eigenvalue weighted by Gasteiger charge is 2.05. The van der Waals surface area contributed by atoms with Gasteiger partial charge in [0.25, 0.3) is 0 Å². The molecule has 0 fully saturated rings. The zero-order chi connectivity index (χ0) is 8.55. The summed E-state index contributed by atoms with van der Waals surface area (Å²) in [5, 5.41) is 2.73. The second-order valence-corrected chi connectivity index (χ2v) is 2.94. The molecule has 2 rings (SSSR count). The van der Waals surface area contributed by atoms with Crippen molar-refractivity contribution in [2.75, 3.05) is 0 Å². The van der Waals surface area contributed by atoms with E-state index < -0.39 is 0 Å². The second kappa shape index (κ2) is 2.72. The van der Waals surface area contributed by atoms with Gasteiger partial charge < -0.3 is 4.42 Å². The van der Waals surface area contributed by atoms with E-state index in [0.29, 0.717) is 0 Å². The average molecular weight is 176 g/mol. The summed E-state index contributed by atoms with van der Waals surface area (Å²) in [5.74, 6) is 0.797. The summed E-state index contributed by atoms with van der Waals surface area (Å²) in [6, 6.07) is 7.94. The first-order chi connectivity index (χ1) is 5.83. The summed E-state index contributed by atoms with van der Waals surface area (Å²) in [7, 11) is 0. The number of benzene rings is 1. The molecule has 1 heterocycles. The number of thiocarbonyl (C=S) groups is 1. The fraction of sp³-hybridized carbons (Fsp3) is 0.100. The van der Waals surface area contributed by atoms with Crippen LogP contribution >= 0.6 is 12.2 Å². The van der Waals surface area contributed by atoms with E-state index in [1.165, 1.54) is 0 Å². The molecule has 0 aliphatic carbocycles. The normalized spacial score (nSPS) is 10.4. The molecule has 2 heteroatoms. The van der Waals surface area contributed by atoms with E-state index in [1.54, 1.807) is 5.37 Å². The van der Waals surface area contributed by atoms with Gasteiger partial charge in [-0.05, 0) is 13.0 Å². The molecule has 0 bridgehead atoms. The van der Waals surface area contributed by atoms with E-state index in [2.05, 4.69) is 0 Å². The predicted molar refractivity (Wildman–Crippen MR) is 53.7 cm³/mol. The van der Waals surface area contributed by atoms with Gasteiger partial charge in [0.1, 0.15) is 11.3 Å². The number of para-hydroxylation sites is 1. The van der Waals surface area contributed by atoms with Gasteiger partial charge in [-0.1, -0.05) is 30.4 Å². The Morgan fingerprint density at radius 1 is 1.33 bits per heavy atom. The predicted octanol–water partition coefficient (Wildman–Crippen LogP) is 3.09. The van der Waals surface area contributed by atoms with Crippen LogP contribution in [0.25, 0.3) is 11.0 Å². The van der Waals surface area contributed by atoms with Crippen LogP contribution in [0.4, 0.5) is 0 Å². The zero-order valence-corrected chi connectivity index (χ0v) is 7.52. The van der Waals surface area contributed by atoms with Crippen molar-refractivity contribution in [3.05, 3.63) is 35.6 Å². The third-order valence-corrected chi connectivity index (χ3v) is 2.20. The Hall–Kier alpha value is -1.15. The molecule has 0 unspecified atom stereocenters. The summed E-state index contributed by atoms with van der Waals surface area (Å²) in [6.45, 7) is 2.02. The van der Waals surface area contributed by atoms with Crippen molar-refractivity contribution in [3.63, 3.8) is 0 Å². The molecule has 12 heavy (non-hydrogen) atoms. The van der Waals surface area contributed by atoms with Gasteiger partial charge >= 0.3 is 0 Å². The Morgan fingerprint density at radius 2 is 2.08 bits per heavy atom. The molecule has 1 aromatic carbocycles. The summed E-state index contributed by atoms with van der Waals surface area (Å²) in [5.41, 5.74) is 2.03. The Morgan fingerprint density at radius 3 is 2.75 bits per heavy atom. The Kier molecular flexibility index (Phi) is 1.70. The lowest BCUT2D eigenvalue weighted by molar-refractivity contribution is 0.606. The third kappa shape index (κ3) is 0.959. The standard InChI is InChI=1S/C10H8OS/c1-7-8-4-2-3-5-9(8)11-10(7)6-12/h2-6H,1H3. The lowest BCUT2D eigenvalue weighted by Crippen LogP contribution is -1.74. The Labute approximate surface area is 76.0 Å². The van der Waals surface area contributed by atoms with Crippen molar-refractivity contribution < 1.29 is 4.42 Å². The number of aryl methyl sites for hydroxylation is 1. The number of hydrogen-bond donors (Lipinski definition) is 0. The summed E-state index contributed by atoms with van der Waals surface area (Å²) in [4.78, 5) is 0. The van der Waals surface area contributed by atoms with Crippen LogP contribution in [0, 0.1) is 6.92 Å². The van der Waals surface area contributed by atoms with E-state index in [9.17, 15) is 0 Å². The minimum atomic E-state index is 0.797. The van der Waals surface area contributed by atoms with Gasteiger partial charge in [0.15, 0.2) is 0 Å². The molecule has 60 valence electrons. The lowest BCUT2D eigenvalue weighted by Gasteiger charge is -1.85. The quantitative estimate of drug-likeness (QED) is 0.619. The molecule has 0 atom stereocenters. The van der Waals surface area contributed by atoms with Crippen LogP contribution in [-0.4, -0.2) is 5.37 Å². The fourth-order valence-corrected chi connectivity index (χ4v) is 1.53. The highest BCUT2D eigenvalue weighted by molar-refractivity contribution is 7.79. The minimum Gasteiger partial charge on any atom is -0.456 e. The first-order valence-electron chi connectivity index (χ1n) is 3.76. The van der Waals surface area contributed by atoms with Crippen LogP contribution in [0.2, 0.25) is 0 Å². The van der Waals surface area contributed by atoms with E-state index in [4.69, 9.17) is 16.6 Å². The van der Waals surface area contributed by atoms with Gasteiger partial charge in [-0.15, -0.1) is 0 Å². The van der Waals surface area contributed by atoms with Crippen LogP contribution in [0.15, 0.2) is 28.7 Å². The Balaban J connectivity index is 2.87. The van der Waals surface area contributed by atoms with E-state index in [0.717, 1.165) is 22.3 Å². The maximum atomic E-state index is 5.49. The SMILES string of the molecule is Cc1c(C=S)oc2ccccc12. The van der Waals surface area contributed by atoms with Crippen molar-refractivity contribution in [2.45, 2.75) is 6.92 Å². The van der Waals surface area contributed by atoms with Crippen molar-refractivity contribution >= 4 is 28.6 Å². The smallest absolute Gasteiger partial charge is 0.141 e. The van der Waals surface area contributed by atoms with E-state index in [1.807, 2.05) is 31.2 Å². The topological polar surface area (TPSA) is 13.1 Å². The van der Waals surface area contributed by atoms with Gasteiger partial charge in [-0.2, -0.15) is 0 Å². The first-order valence-corrected chi connectivity index (χ1v) is 4.23. The fourth-order valence-electron chi connectivity index (χ4n) is 1.31. The molecular weight excluding hydrogens is 168 g/mol. The summed E-state index contributed by atoms with van der Waals surface area (Å²) in [6.07, 6.45) is 0. The lowest BCUT2D eigenvalue weighted by atomic mass is 10.2.